The molecule has 0 aromatic rings. The summed E-state index contributed by atoms with van der Waals surface area (Å²) in [5.41, 5.74) is 3.69. The van der Waals surface area contributed by atoms with E-state index >= 15 is 0 Å². The molecule has 2 atom stereocenters. The largest absolute Gasteiger partial charge is 0.0993 e. The topological polar surface area (TPSA) is 0 Å². The summed E-state index contributed by atoms with van der Waals surface area (Å²) in [5.74, 6) is 0.786. The molecule has 1 saturated carbocycles. The summed E-state index contributed by atoms with van der Waals surface area (Å²) in [6.45, 7) is 18.0. The van der Waals surface area contributed by atoms with Crippen molar-refractivity contribution < 1.29 is 0 Å². The van der Waals surface area contributed by atoms with E-state index in [1.165, 1.54) is 12.0 Å². The lowest BCUT2D eigenvalue weighted by molar-refractivity contribution is 0.327. The van der Waals surface area contributed by atoms with Crippen molar-refractivity contribution in [3.05, 3.63) is 23.8 Å². The Morgan fingerprint density at radius 1 is 1.53 bits per heavy atom. The van der Waals surface area contributed by atoms with Gasteiger partial charge < -0.3 is 0 Å². The Kier molecular flexibility index (Phi) is 3.19. The van der Waals surface area contributed by atoms with Gasteiger partial charge in [0.15, 0.2) is 0 Å². The van der Waals surface area contributed by atoms with Gasteiger partial charge in [0, 0.05) is 0 Å². The van der Waals surface area contributed by atoms with Crippen molar-refractivity contribution in [2.75, 3.05) is 0 Å². The minimum absolute atomic E-state index is 0.299. The molecule has 0 heterocycles. The van der Waals surface area contributed by atoms with Gasteiger partial charge in [-0.2, -0.15) is 0 Å². The molecular formula is C15H26. The quantitative estimate of drug-likeness (QED) is 0.570. The summed E-state index contributed by atoms with van der Waals surface area (Å²) in [5, 5.41) is 0. The molecule has 0 bridgehead atoms. The molecule has 1 aliphatic rings. The van der Waals surface area contributed by atoms with Gasteiger partial charge in [0.25, 0.3) is 0 Å². The Labute approximate surface area is 95.5 Å². The van der Waals surface area contributed by atoms with E-state index in [0.29, 0.717) is 10.8 Å². The Morgan fingerprint density at radius 2 is 2.07 bits per heavy atom. The van der Waals surface area contributed by atoms with Crippen LogP contribution < -0.4 is 0 Å². The molecule has 0 aromatic carbocycles. The molecule has 0 saturated heterocycles. The molecule has 0 heteroatoms. The summed E-state index contributed by atoms with van der Waals surface area (Å²) in [6, 6.07) is 0. The van der Waals surface area contributed by atoms with E-state index in [9.17, 15) is 0 Å². The molecule has 0 radical (unpaired) electrons. The van der Waals surface area contributed by atoms with Crippen molar-refractivity contribution in [2.45, 2.75) is 54.4 Å². The zero-order valence-electron chi connectivity index (χ0n) is 11.3. The van der Waals surface area contributed by atoms with Gasteiger partial charge in [-0.05, 0) is 43.4 Å². The first kappa shape index (κ1) is 12.5. The maximum atomic E-state index is 4.24. The van der Waals surface area contributed by atoms with E-state index in [1.807, 2.05) is 0 Å². The molecule has 15 heavy (non-hydrogen) atoms. The molecule has 0 amide bonds. The van der Waals surface area contributed by atoms with E-state index in [4.69, 9.17) is 0 Å². The summed E-state index contributed by atoms with van der Waals surface area (Å²) < 4.78 is 0. The molecule has 0 N–H and O–H groups in total. The summed E-state index contributed by atoms with van der Waals surface area (Å²) in [4.78, 5) is 0. The average Bonchev–Trinajstić information content (AvgIpc) is 2.90. The van der Waals surface area contributed by atoms with Crippen LogP contribution >= 0.6 is 0 Å². The van der Waals surface area contributed by atoms with Crippen molar-refractivity contribution in [3.63, 3.8) is 0 Å². The van der Waals surface area contributed by atoms with Crippen molar-refractivity contribution >= 4 is 0 Å². The smallest absolute Gasteiger partial charge is 0.00793 e. The highest BCUT2D eigenvalue weighted by atomic mass is 14.6. The van der Waals surface area contributed by atoms with Gasteiger partial charge in [-0.15, -0.1) is 0 Å². The maximum absolute atomic E-state index is 4.24. The van der Waals surface area contributed by atoms with Crippen LogP contribution in [0.5, 0.6) is 0 Å². The maximum Gasteiger partial charge on any atom is -0.00793 e. The molecule has 0 aromatic heterocycles. The third-order valence-corrected chi connectivity index (χ3v) is 4.78. The van der Waals surface area contributed by atoms with Crippen molar-refractivity contribution in [3.8, 4) is 0 Å². The van der Waals surface area contributed by atoms with E-state index in [1.54, 1.807) is 5.57 Å². The molecule has 86 valence electrons. The summed E-state index contributed by atoms with van der Waals surface area (Å²) in [6.07, 6.45) is 4.70. The Bertz CT molecular complexity index is 293. The van der Waals surface area contributed by atoms with Gasteiger partial charge in [-0.1, -0.05) is 51.5 Å². The highest BCUT2D eigenvalue weighted by Gasteiger charge is 2.57. The fraction of sp³-hybridized carbons (Fsp3) is 0.733. The molecule has 0 aliphatic heterocycles. The molecule has 2 unspecified atom stereocenters. The van der Waals surface area contributed by atoms with Crippen LogP contribution in [0.2, 0.25) is 0 Å². The van der Waals surface area contributed by atoms with Gasteiger partial charge in [-0.25, -0.2) is 0 Å². The number of hydrogen-bond acceptors (Lipinski definition) is 0. The van der Waals surface area contributed by atoms with Gasteiger partial charge in [0.2, 0.25) is 0 Å². The Morgan fingerprint density at radius 3 is 2.47 bits per heavy atom. The van der Waals surface area contributed by atoms with E-state index in [0.717, 1.165) is 12.3 Å². The highest BCUT2D eigenvalue weighted by molar-refractivity contribution is 5.28. The lowest BCUT2D eigenvalue weighted by Crippen LogP contribution is -2.21. The molecular weight excluding hydrogens is 180 g/mol. The standard InChI is InChI=1S/C15H26/c1-8-11(3)14(5,6)13-10-15(13,7)12(4)9-2/h9,13H,3,8,10H2,1-2,4-7H3. The van der Waals surface area contributed by atoms with Crippen LogP contribution in [-0.4, -0.2) is 0 Å². The van der Waals surface area contributed by atoms with E-state index in [-0.39, 0.29) is 0 Å². The van der Waals surface area contributed by atoms with Gasteiger partial charge in [0.05, 0.1) is 0 Å². The number of rotatable bonds is 4. The van der Waals surface area contributed by atoms with Crippen LogP contribution in [0.25, 0.3) is 0 Å². The van der Waals surface area contributed by atoms with Crippen LogP contribution in [0.4, 0.5) is 0 Å². The SMILES string of the molecule is C=C(CC)C(C)(C)C1CC1(C)C(C)=CC. The first-order chi connectivity index (χ1) is 6.80. The molecule has 1 rings (SSSR count). The van der Waals surface area contributed by atoms with Gasteiger partial charge >= 0.3 is 0 Å². The third kappa shape index (κ3) is 1.91. The minimum Gasteiger partial charge on any atom is -0.0993 e. The first-order valence-electron chi connectivity index (χ1n) is 6.12. The van der Waals surface area contributed by atoms with Crippen LogP contribution in [0, 0.1) is 16.7 Å². The number of allylic oxidation sites excluding steroid dienone is 3. The molecule has 0 nitrogen and oxygen atoms in total. The average molecular weight is 206 g/mol. The van der Waals surface area contributed by atoms with Crippen LogP contribution in [0.15, 0.2) is 23.8 Å². The predicted octanol–water partition coefficient (Wildman–Crippen LogP) is 4.97. The van der Waals surface area contributed by atoms with Crippen LogP contribution in [0.1, 0.15) is 54.4 Å². The van der Waals surface area contributed by atoms with E-state index < -0.39 is 0 Å². The monoisotopic (exact) mass is 206 g/mol. The minimum atomic E-state index is 0.299. The third-order valence-electron chi connectivity index (χ3n) is 4.78. The first-order valence-corrected chi connectivity index (χ1v) is 6.12. The predicted molar refractivity (Wildman–Crippen MR) is 68.9 cm³/mol. The second kappa shape index (κ2) is 3.81. The molecule has 1 aliphatic carbocycles. The second-order valence-corrected chi connectivity index (χ2v) is 5.82. The lowest BCUT2D eigenvalue weighted by Gasteiger charge is -2.30. The summed E-state index contributed by atoms with van der Waals surface area (Å²) in [7, 11) is 0. The lowest BCUT2D eigenvalue weighted by atomic mass is 9.75. The van der Waals surface area contributed by atoms with Crippen molar-refractivity contribution in [2.24, 2.45) is 16.7 Å². The van der Waals surface area contributed by atoms with Crippen LogP contribution in [-0.2, 0) is 0 Å². The van der Waals surface area contributed by atoms with Gasteiger partial charge in [0.1, 0.15) is 0 Å². The Hall–Kier alpha value is -0.520. The fourth-order valence-electron chi connectivity index (χ4n) is 2.88. The van der Waals surface area contributed by atoms with E-state index in [2.05, 4.69) is 54.2 Å². The normalized spacial score (nSPS) is 31.6. The van der Waals surface area contributed by atoms with Crippen molar-refractivity contribution in [1.82, 2.24) is 0 Å². The van der Waals surface area contributed by atoms with Crippen LogP contribution in [0.3, 0.4) is 0 Å². The van der Waals surface area contributed by atoms with Gasteiger partial charge in [-0.3, -0.25) is 0 Å². The molecule has 1 fully saturated rings. The zero-order chi connectivity index (χ0) is 11.9. The molecule has 0 spiro atoms. The highest BCUT2D eigenvalue weighted by Crippen LogP contribution is 2.66. The fourth-order valence-corrected chi connectivity index (χ4v) is 2.88. The summed E-state index contributed by atoms with van der Waals surface area (Å²) >= 11 is 0. The number of hydrogen-bond donors (Lipinski definition) is 0. The van der Waals surface area contributed by atoms with Crippen molar-refractivity contribution in [1.29, 1.82) is 0 Å². The Balaban J connectivity index is 2.84. The zero-order valence-corrected chi connectivity index (χ0v) is 11.3. The second-order valence-electron chi connectivity index (χ2n) is 5.82.